The van der Waals surface area contributed by atoms with Crippen LogP contribution in [0.1, 0.15) is 106 Å². The van der Waals surface area contributed by atoms with Crippen molar-refractivity contribution < 1.29 is 30.3 Å². The molecular weight excluding hydrogens is 556 g/mol. The highest BCUT2D eigenvalue weighted by atomic mass is 32.2. The van der Waals surface area contributed by atoms with Crippen LogP contribution in [0, 0.1) is 62.6 Å². The van der Waals surface area contributed by atoms with Gasteiger partial charge in [-0.05, 0) is 121 Å². The second-order valence-electron chi connectivity index (χ2n) is 15.8. The van der Waals surface area contributed by atoms with E-state index < -0.39 is 21.0 Å². The molecule has 5 aliphatic rings. The summed E-state index contributed by atoms with van der Waals surface area (Å²) < 4.78 is 74.2. The molecule has 4 saturated carbocycles. The van der Waals surface area contributed by atoms with Crippen molar-refractivity contribution >= 4 is 19.6 Å². The van der Waals surface area contributed by atoms with Crippen molar-refractivity contribution in [3.05, 3.63) is 11.8 Å². The molecule has 230 valence electrons. The lowest BCUT2D eigenvalue weighted by atomic mass is 9.32. The predicted molar refractivity (Wildman–Crippen MR) is 154 cm³/mol. The zero-order chi connectivity index (χ0) is 29.7. The summed E-state index contributed by atoms with van der Waals surface area (Å²) in [5.41, 5.74) is -5.83. The van der Waals surface area contributed by atoms with E-state index in [1.165, 1.54) is 32.1 Å². The van der Waals surface area contributed by atoms with Gasteiger partial charge in [-0.3, -0.25) is 0 Å². The molecule has 0 aromatic heterocycles. The maximum Gasteiger partial charge on any atom is 0.534 e. The highest BCUT2D eigenvalue weighted by Crippen LogP contribution is 2.77. The first-order chi connectivity index (χ1) is 18.3. The third-order valence-electron chi connectivity index (χ3n) is 13.9. The minimum Gasteiger partial charge on any atom is -0.380 e. The number of hydrogen-bond acceptors (Lipinski definition) is 4. The van der Waals surface area contributed by atoms with E-state index in [4.69, 9.17) is 8.71 Å². The fraction of sp³-hybridized carbons (Fsp3) is 0.935. The third-order valence-corrected chi connectivity index (χ3v) is 15.0. The van der Waals surface area contributed by atoms with Crippen molar-refractivity contribution in [3.8, 4) is 0 Å². The summed E-state index contributed by atoms with van der Waals surface area (Å²) in [5, 5.41) is 0. The van der Waals surface area contributed by atoms with Crippen LogP contribution in [0.25, 0.3) is 0 Å². The third kappa shape index (κ3) is 4.14. The lowest BCUT2D eigenvalue weighted by molar-refractivity contribution is -0.232. The van der Waals surface area contributed by atoms with Crippen LogP contribution in [0.4, 0.5) is 13.2 Å². The normalized spacial score (nSPS) is 46.6. The summed E-state index contributed by atoms with van der Waals surface area (Å²) in [6, 6.07) is 0. The van der Waals surface area contributed by atoms with E-state index in [1.807, 2.05) is 13.8 Å². The van der Waals surface area contributed by atoms with Gasteiger partial charge in [0.1, 0.15) is 5.76 Å². The molecule has 0 amide bonds. The molecule has 0 heterocycles. The van der Waals surface area contributed by atoms with Gasteiger partial charge < -0.3 is 8.71 Å². The quantitative estimate of drug-likeness (QED) is 0.178. The van der Waals surface area contributed by atoms with E-state index in [2.05, 4.69) is 44.1 Å². The molecular formula is C31H50F3O4PS. The van der Waals surface area contributed by atoms with Gasteiger partial charge in [0.2, 0.25) is 0 Å². The van der Waals surface area contributed by atoms with E-state index in [9.17, 15) is 21.6 Å². The minimum absolute atomic E-state index is 0.0404. The Morgan fingerprint density at radius 2 is 1.62 bits per heavy atom. The van der Waals surface area contributed by atoms with Crippen molar-refractivity contribution in [2.24, 2.45) is 62.6 Å². The number of halogens is 3. The molecule has 0 radical (unpaired) electrons. The van der Waals surface area contributed by atoms with Crippen LogP contribution in [0.15, 0.2) is 11.8 Å². The van der Waals surface area contributed by atoms with E-state index in [-0.39, 0.29) is 33.3 Å². The monoisotopic (exact) mass is 606 g/mol. The van der Waals surface area contributed by atoms with Crippen molar-refractivity contribution in [2.45, 2.75) is 112 Å². The number of allylic oxidation sites excluding steroid dienone is 2. The Morgan fingerprint density at radius 1 is 0.950 bits per heavy atom. The first-order valence-electron chi connectivity index (χ1n) is 15.3. The summed E-state index contributed by atoms with van der Waals surface area (Å²) in [5.74, 6) is 3.08. The molecule has 0 aliphatic heterocycles. The molecule has 4 fully saturated rings. The maximum absolute atomic E-state index is 13.2. The smallest absolute Gasteiger partial charge is 0.380 e. The van der Waals surface area contributed by atoms with Gasteiger partial charge in [-0.1, -0.05) is 48.5 Å². The molecule has 5 aliphatic carbocycles. The molecule has 10 atom stereocenters. The zero-order valence-electron chi connectivity index (χ0n) is 25.4. The molecule has 0 spiro atoms. The largest absolute Gasteiger partial charge is 0.534 e. The first kappa shape index (κ1) is 31.1. The first-order valence-corrected chi connectivity index (χ1v) is 17.2. The minimum atomic E-state index is -5.70. The standard InChI is InChI=1S/C31H50F3O4PS/c1-19(2)20-10-15-30(18-37-39)17-16-28(6)21(25(20)30)8-9-23-27(5)13-12-24(38-40(35,36)31(32,33)34)26(3,4)22(27)11-14-29(23,28)7/h12,19-23,25H,8-11,13-18,39H2,1-7H3/t20-,21+,22-,23+,25+,27-,28+,29+,30+/m0/s1. The Balaban J connectivity index is 1.50. The van der Waals surface area contributed by atoms with E-state index in [0.29, 0.717) is 36.0 Å². The highest BCUT2D eigenvalue weighted by molar-refractivity contribution is 7.87. The molecule has 0 N–H and O–H groups in total. The van der Waals surface area contributed by atoms with Crippen LogP contribution < -0.4 is 0 Å². The van der Waals surface area contributed by atoms with Crippen molar-refractivity contribution in [1.82, 2.24) is 0 Å². The molecule has 9 heteroatoms. The van der Waals surface area contributed by atoms with Crippen molar-refractivity contribution in [2.75, 3.05) is 6.61 Å². The number of alkyl halides is 3. The fourth-order valence-corrected chi connectivity index (χ4v) is 12.8. The van der Waals surface area contributed by atoms with Crippen LogP contribution >= 0.6 is 9.47 Å². The lowest BCUT2D eigenvalue weighted by Crippen LogP contribution is -2.65. The van der Waals surface area contributed by atoms with Gasteiger partial charge in [0.15, 0.2) is 0 Å². The van der Waals surface area contributed by atoms with Crippen LogP contribution in [-0.2, 0) is 18.8 Å². The van der Waals surface area contributed by atoms with Gasteiger partial charge in [-0.15, -0.1) is 0 Å². The number of rotatable bonds is 5. The highest BCUT2D eigenvalue weighted by Gasteiger charge is 2.70. The topological polar surface area (TPSA) is 52.6 Å². The average Bonchev–Trinajstić information content (AvgIpc) is 3.21. The molecule has 5 rings (SSSR count). The summed E-state index contributed by atoms with van der Waals surface area (Å²) in [6.45, 7) is 16.8. The second kappa shape index (κ2) is 9.58. The van der Waals surface area contributed by atoms with Gasteiger partial charge in [0.05, 0.1) is 6.61 Å². The predicted octanol–water partition coefficient (Wildman–Crippen LogP) is 8.89. The molecule has 0 bridgehead atoms. The Hall–Kier alpha value is -0.330. The summed E-state index contributed by atoms with van der Waals surface area (Å²) in [4.78, 5) is 0. The van der Waals surface area contributed by atoms with Gasteiger partial charge in [0, 0.05) is 14.9 Å². The van der Waals surface area contributed by atoms with E-state index >= 15 is 0 Å². The molecule has 1 unspecified atom stereocenters. The summed E-state index contributed by atoms with van der Waals surface area (Å²) in [7, 11) is -3.19. The van der Waals surface area contributed by atoms with Crippen molar-refractivity contribution in [1.29, 1.82) is 0 Å². The Kier molecular flexibility index (Phi) is 7.45. The van der Waals surface area contributed by atoms with Crippen LogP contribution in [0.5, 0.6) is 0 Å². The number of hydrogen-bond donors (Lipinski definition) is 0. The Bertz CT molecular complexity index is 1150. The van der Waals surface area contributed by atoms with E-state index in [1.54, 1.807) is 6.08 Å². The SMILES string of the molecule is CC(C)[C@@H]1CC[C@]2(COP)CC[C@]3(C)[C@H](CC[C@@H]4[C@@]5(C)CC=C(OS(=O)(=O)C(F)(F)F)C(C)(C)[C@@H]5CC[C@]43C)[C@@H]12. The summed E-state index contributed by atoms with van der Waals surface area (Å²) >= 11 is 0. The average molecular weight is 607 g/mol. The van der Waals surface area contributed by atoms with Crippen LogP contribution in [0.2, 0.25) is 0 Å². The molecule has 0 aromatic carbocycles. The van der Waals surface area contributed by atoms with E-state index in [0.717, 1.165) is 25.9 Å². The van der Waals surface area contributed by atoms with Crippen molar-refractivity contribution in [3.63, 3.8) is 0 Å². The molecule has 4 nitrogen and oxygen atoms in total. The Labute approximate surface area is 242 Å². The van der Waals surface area contributed by atoms with Gasteiger partial charge in [-0.2, -0.15) is 21.6 Å². The zero-order valence-corrected chi connectivity index (χ0v) is 27.3. The van der Waals surface area contributed by atoms with Crippen LogP contribution in [0.3, 0.4) is 0 Å². The molecule has 0 saturated heterocycles. The van der Waals surface area contributed by atoms with Gasteiger partial charge in [-0.25, -0.2) is 0 Å². The second-order valence-corrected chi connectivity index (χ2v) is 17.7. The van der Waals surface area contributed by atoms with Crippen LogP contribution in [-0.4, -0.2) is 20.5 Å². The lowest BCUT2D eigenvalue weighted by Gasteiger charge is -2.72. The van der Waals surface area contributed by atoms with Gasteiger partial charge in [0.25, 0.3) is 0 Å². The molecule has 40 heavy (non-hydrogen) atoms. The molecule has 0 aromatic rings. The van der Waals surface area contributed by atoms with Gasteiger partial charge >= 0.3 is 15.6 Å². The fourth-order valence-electron chi connectivity index (χ4n) is 11.8. The summed E-state index contributed by atoms with van der Waals surface area (Å²) in [6.07, 6.45) is 11.3. The number of fused-ring (bicyclic) bond motifs is 7. The Morgan fingerprint density at radius 3 is 2.23 bits per heavy atom. The maximum atomic E-state index is 13.2.